The number of morpholine rings is 1. The maximum atomic E-state index is 14.0. The third-order valence-corrected chi connectivity index (χ3v) is 7.90. The van der Waals surface area contributed by atoms with Crippen LogP contribution < -0.4 is 25.0 Å². The van der Waals surface area contributed by atoms with E-state index in [1.165, 1.54) is 0 Å². The highest BCUT2D eigenvalue weighted by Crippen LogP contribution is 2.50. The minimum Gasteiger partial charge on any atom is -0.493 e. The standard InChI is InChI=1S/C31H40N4O5/c1-31(2)18-23-28(25(36)19-31)29(21-8-7-11-26(38-3)30(21)39-4)35(24-10-6-5-9-22(24)33-23)20-27(37)32-12-13-34-14-16-40-17-15-34/h5-11,29,33H,12-20H2,1-4H3,(H,32,37). The van der Waals surface area contributed by atoms with Crippen LogP contribution in [-0.2, 0) is 14.3 Å². The van der Waals surface area contributed by atoms with Crippen LogP contribution in [-0.4, -0.2) is 76.7 Å². The number of anilines is 2. The van der Waals surface area contributed by atoms with Gasteiger partial charge < -0.3 is 29.7 Å². The average Bonchev–Trinajstić information content (AvgIpc) is 3.06. The van der Waals surface area contributed by atoms with Crippen molar-refractivity contribution in [3.05, 3.63) is 59.3 Å². The Morgan fingerprint density at radius 3 is 2.60 bits per heavy atom. The fraction of sp³-hybridized carbons (Fsp3) is 0.484. The number of carbonyl (C=O) groups is 2. The number of carbonyl (C=O) groups excluding carboxylic acids is 2. The molecule has 5 rings (SSSR count). The molecule has 0 radical (unpaired) electrons. The molecule has 1 amide bonds. The van der Waals surface area contributed by atoms with Crippen LogP contribution >= 0.6 is 0 Å². The van der Waals surface area contributed by atoms with Crippen molar-refractivity contribution < 1.29 is 23.8 Å². The molecule has 40 heavy (non-hydrogen) atoms. The Morgan fingerprint density at radius 2 is 1.85 bits per heavy atom. The molecule has 1 atom stereocenters. The number of amides is 1. The molecule has 1 unspecified atom stereocenters. The van der Waals surface area contributed by atoms with Crippen LogP contribution in [0.3, 0.4) is 0 Å². The minimum atomic E-state index is -0.551. The normalized spacial score (nSPS) is 20.6. The summed E-state index contributed by atoms with van der Waals surface area (Å²) in [6.07, 6.45) is 1.14. The first-order valence-electron chi connectivity index (χ1n) is 14.0. The van der Waals surface area contributed by atoms with E-state index in [0.717, 1.165) is 55.5 Å². The number of methoxy groups -OCH3 is 2. The number of hydrogen-bond donors (Lipinski definition) is 2. The number of hydrogen-bond acceptors (Lipinski definition) is 8. The molecule has 0 saturated carbocycles. The Labute approximate surface area is 236 Å². The molecule has 1 aliphatic carbocycles. The van der Waals surface area contributed by atoms with Gasteiger partial charge in [0.2, 0.25) is 5.91 Å². The van der Waals surface area contributed by atoms with E-state index in [4.69, 9.17) is 14.2 Å². The number of rotatable bonds is 8. The second kappa shape index (κ2) is 11.9. The number of allylic oxidation sites excluding steroid dienone is 1. The average molecular weight is 549 g/mol. The zero-order valence-electron chi connectivity index (χ0n) is 23.9. The molecular weight excluding hydrogens is 508 g/mol. The van der Waals surface area contributed by atoms with Gasteiger partial charge >= 0.3 is 0 Å². The number of para-hydroxylation sites is 3. The predicted molar refractivity (Wildman–Crippen MR) is 155 cm³/mol. The van der Waals surface area contributed by atoms with E-state index in [2.05, 4.69) is 29.4 Å². The summed E-state index contributed by atoms with van der Waals surface area (Å²) < 4.78 is 16.9. The predicted octanol–water partition coefficient (Wildman–Crippen LogP) is 3.77. The smallest absolute Gasteiger partial charge is 0.239 e. The molecule has 1 fully saturated rings. The van der Waals surface area contributed by atoms with E-state index in [9.17, 15) is 9.59 Å². The Bertz CT molecular complexity index is 1280. The van der Waals surface area contributed by atoms with E-state index >= 15 is 0 Å². The third-order valence-electron chi connectivity index (χ3n) is 7.90. The van der Waals surface area contributed by atoms with Crippen LogP contribution in [0.15, 0.2) is 53.7 Å². The van der Waals surface area contributed by atoms with Crippen molar-refractivity contribution in [3.63, 3.8) is 0 Å². The van der Waals surface area contributed by atoms with Crippen molar-refractivity contribution in [2.24, 2.45) is 5.41 Å². The van der Waals surface area contributed by atoms with Gasteiger partial charge in [0.05, 0.1) is 51.4 Å². The van der Waals surface area contributed by atoms with Gasteiger partial charge in [-0.3, -0.25) is 14.5 Å². The molecule has 2 heterocycles. The topological polar surface area (TPSA) is 92.4 Å². The van der Waals surface area contributed by atoms with Crippen LogP contribution in [0.25, 0.3) is 0 Å². The largest absolute Gasteiger partial charge is 0.493 e. The lowest BCUT2D eigenvalue weighted by Crippen LogP contribution is -2.45. The summed E-state index contributed by atoms with van der Waals surface area (Å²) >= 11 is 0. The molecule has 9 heteroatoms. The Hall–Kier alpha value is -3.56. The molecule has 1 saturated heterocycles. The third kappa shape index (κ3) is 5.81. The fourth-order valence-corrected chi connectivity index (χ4v) is 6.07. The van der Waals surface area contributed by atoms with Crippen LogP contribution in [0, 0.1) is 5.41 Å². The molecule has 2 N–H and O–H groups in total. The molecule has 0 bridgehead atoms. The first-order valence-corrected chi connectivity index (χ1v) is 14.0. The number of nitrogens with one attached hydrogen (secondary N) is 2. The maximum Gasteiger partial charge on any atom is 0.239 e. The molecule has 0 spiro atoms. The van der Waals surface area contributed by atoms with E-state index < -0.39 is 6.04 Å². The van der Waals surface area contributed by atoms with Gasteiger partial charge in [-0.25, -0.2) is 0 Å². The number of benzene rings is 2. The lowest BCUT2D eigenvalue weighted by atomic mass is 9.73. The monoisotopic (exact) mass is 548 g/mol. The van der Waals surface area contributed by atoms with Crippen LogP contribution in [0.1, 0.15) is 38.3 Å². The molecule has 2 aromatic carbocycles. The number of Topliss-reactive ketones (excluding diaryl/α,β-unsaturated/α-hetero) is 1. The number of ketones is 1. The van der Waals surface area contributed by atoms with Gasteiger partial charge in [0.1, 0.15) is 0 Å². The maximum absolute atomic E-state index is 14.0. The summed E-state index contributed by atoms with van der Waals surface area (Å²) in [6, 6.07) is 13.1. The van der Waals surface area contributed by atoms with Gasteiger partial charge in [0, 0.05) is 49.4 Å². The van der Waals surface area contributed by atoms with Crippen molar-refractivity contribution in [2.45, 2.75) is 32.7 Å². The number of nitrogens with zero attached hydrogens (tertiary/aromatic N) is 2. The van der Waals surface area contributed by atoms with Crippen molar-refractivity contribution in [3.8, 4) is 11.5 Å². The van der Waals surface area contributed by atoms with Gasteiger partial charge in [0.15, 0.2) is 17.3 Å². The second-order valence-corrected chi connectivity index (χ2v) is 11.4. The molecular formula is C31H40N4O5. The highest BCUT2D eigenvalue weighted by Gasteiger charge is 2.43. The molecule has 2 aromatic rings. The van der Waals surface area contributed by atoms with Crippen LogP contribution in [0.2, 0.25) is 0 Å². The van der Waals surface area contributed by atoms with Crippen LogP contribution in [0.4, 0.5) is 11.4 Å². The lowest BCUT2D eigenvalue weighted by Gasteiger charge is -2.38. The van der Waals surface area contributed by atoms with E-state index in [0.29, 0.717) is 36.5 Å². The van der Waals surface area contributed by atoms with E-state index in [1.54, 1.807) is 14.2 Å². The molecule has 2 aliphatic heterocycles. The summed E-state index contributed by atoms with van der Waals surface area (Å²) in [4.78, 5) is 31.8. The summed E-state index contributed by atoms with van der Waals surface area (Å²) in [5.41, 5.74) is 3.86. The van der Waals surface area contributed by atoms with E-state index in [-0.39, 0.29) is 23.7 Å². The minimum absolute atomic E-state index is 0.0687. The van der Waals surface area contributed by atoms with E-state index in [1.807, 2.05) is 47.4 Å². The molecule has 9 nitrogen and oxygen atoms in total. The van der Waals surface area contributed by atoms with Crippen molar-refractivity contribution in [2.75, 3.05) is 70.4 Å². The number of ether oxygens (including phenoxy) is 3. The summed E-state index contributed by atoms with van der Waals surface area (Å²) in [7, 11) is 3.21. The fourth-order valence-electron chi connectivity index (χ4n) is 6.07. The lowest BCUT2D eigenvalue weighted by molar-refractivity contribution is -0.120. The molecule has 0 aromatic heterocycles. The highest BCUT2D eigenvalue weighted by atomic mass is 16.5. The Balaban J connectivity index is 1.56. The molecule has 3 aliphatic rings. The summed E-state index contributed by atoms with van der Waals surface area (Å²) in [6.45, 7) is 8.80. The summed E-state index contributed by atoms with van der Waals surface area (Å²) in [5, 5.41) is 6.71. The zero-order valence-corrected chi connectivity index (χ0v) is 23.9. The van der Waals surface area contributed by atoms with Gasteiger partial charge in [-0.2, -0.15) is 0 Å². The van der Waals surface area contributed by atoms with Gasteiger partial charge in [0.25, 0.3) is 0 Å². The van der Waals surface area contributed by atoms with Crippen LogP contribution in [0.5, 0.6) is 11.5 Å². The molecule has 214 valence electrons. The van der Waals surface area contributed by atoms with Gasteiger partial charge in [-0.05, 0) is 30.0 Å². The first kappa shape index (κ1) is 28.0. The SMILES string of the molecule is COc1cccc(C2C3=C(CC(C)(C)CC3=O)Nc3ccccc3N2CC(=O)NCCN2CCOCC2)c1OC. The second-order valence-electron chi connectivity index (χ2n) is 11.4. The first-order chi connectivity index (χ1) is 19.3. The van der Waals surface area contributed by atoms with Gasteiger partial charge in [-0.15, -0.1) is 0 Å². The Morgan fingerprint density at radius 1 is 1.07 bits per heavy atom. The highest BCUT2D eigenvalue weighted by molar-refractivity contribution is 6.02. The Kier molecular flexibility index (Phi) is 8.32. The number of fused-ring (bicyclic) bond motifs is 1. The van der Waals surface area contributed by atoms with Gasteiger partial charge in [-0.1, -0.05) is 38.1 Å². The van der Waals surface area contributed by atoms with Crippen molar-refractivity contribution >= 4 is 23.1 Å². The van der Waals surface area contributed by atoms with Crippen molar-refractivity contribution in [1.29, 1.82) is 0 Å². The quantitative estimate of drug-likeness (QED) is 0.515. The summed E-state index contributed by atoms with van der Waals surface area (Å²) in [5.74, 6) is 1.09. The zero-order chi connectivity index (χ0) is 28.3. The van der Waals surface area contributed by atoms with Crippen molar-refractivity contribution in [1.82, 2.24) is 10.2 Å².